The van der Waals surface area contributed by atoms with Crippen LogP contribution in [0.4, 0.5) is 11.4 Å². The number of ether oxygens (including phenoxy) is 1. The summed E-state index contributed by atoms with van der Waals surface area (Å²) in [6.07, 6.45) is 0. The van der Waals surface area contributed by atoms with Gasteiger partial charge >= 0.3 is 0 Å². The zero-order chi connectivity index (χ0) is 21.3. The fourth-order valence-corrected chi connectivity index (χ4v) is 3.86. The third-order valence-electron chi connectivity index (χ3n) is 5.41. The smallest absolute Gasteiger partial charge is 0.270 e. The van der Waals surface area contributed by atoms with Gasteiger partial charge in [0.05, 0.1) is 36.3 Å². The molecule has 2 aromatic carbocycles. The largest absolute Gasteiger partial charge is 0.378 e. The number of carbonyl (C=O) groups is 2. The molecule has 2 aliphatic rings. The quantitative estimate of drug-likeness (QED) is 0.427. The van der Waals surface area contributed by atoms with E-state index in [4.69, 9.17) is 4.74 Å². The van der Waals surface area contributed by atoms with Gasteiger partial charge in [-0.1, -0.05) is 12.1 Å². The number of nitro groups is 1. The van der Waals surface area contributed by atoms with Gasteiger partial charge in [0.2, 0.25) is 0 Å². The normalized spacial score (nSPS) is 17.2. The molecule has 9 nitrogen and oxygen atoms in total. The van der Waals surface area contributed by atoms with E-state index in [2.05, 4.69) is 29.2 Å². The van der Waals surface area contributed by atoms with Gasteiger partial charge in [-0.3, -0.25) is 19.7 Å². The molecule has 0 aromatic heterocycles. The van der Waals surface area contributed by atoms with Crippen LogP contribution in [0.15, 0.2) is 42.5 Å². The third-order valence-corrected chi connectivity index (χ3v) is 5.41. The topological polar surface area (TPSA) is 97.4 Å². The first-order valence-corrected chi connectivity index (χ1v) is 9.81. The Morgan fingerprint density at radius 2 is 1.70 bits per heavy atom. The molecule has 4 rings (SSSR count). The molecule has 0 bridgehead atoms. The van der Waals surface area contributed by atoms with Crippen molar-refractivity contribution in [2.24, 2.45) is 0 Å². The first kappa shape index (κ1) is 20.0. The highest BCUT2D eigenvalue weighted by Crippen LogP contribution is 2.26. The number of nitrogens with zero attached hydrogens (tertiary/aromatic N) is 3. The summed E-state index contributed by atoms with van der Waals surface area (Å²) in [7, 11) is 1.90. The number of hydrogen-bond donors (Lipinski definition) is 1. The summed E-state index contributed by atoms with van der Waals surface area (Å²) in [4.78, 5) is 40.0. The number of anilines is 1. The fraction of sp³-hybridized carbons (Fsp3) is 0.333. The first-order chi connectivity index (χ1) is 14.4. The van der Waals surface area contributed by atoms with Gasteiger partial charge in [0.25, 0.3) is 17.5 Å². The van der Waals surface area contributed by atoms with Gasteiger partial charge in [-0.05, 0) is 18.2 Å². The summed E-state index contributed by atoms with van der Waals surface area (Å²) in [5.74, 6) is -0.896. The minimum atomic E-state index is -0.571. The van der Waals surface area contributed by atoms with Crippen LogP contribution < -0.4 is 9.80 Å². The summed E-state index contributed by atoms with van der Waals surface area (Å²) in [6, 6.07) is 12.0. The van der Waals surface area contributed by atoms with E-state index in [1.54, 1.807) is 0 Å². The van der Waals surface area contributed by atoms with Gasteiger partial charge in [-0.15, -0.1) is 0 Å². The number of carbonyl (C=O) groups excluding carboxylic acids is 2. The summed E-state index contributed by atoms with van der Waals surface area (Å²) >= 11 is 0. The SMILES string of the molecule is C[NH+](Cc1ccc(N2CCOCC2)cc1)CN1C(=O)c2ccc([N+](=O)[O-])cc2C1=O. The number of nitro benzene ring substituents is 1. The van der Waals surface area contributed by atoms with Crippen LogP contribution in [0.5, 0.6) is 0 Å². The van der Waals surface area contributed by atoms with Gasteiger partial charge in [-0.25, -0.2) is 4.90 Å². The molecule has 2 aliphatic heterocycles. The van der Waals surface area contributed by atoms with Crippen LogP contribution in [0.2, 0.25) is 0 Å². The van der Waals surface area contributed by atoms with Crippen LogP contribution in [0.25, 0.3) is 0 Å². The van der Waals surface area contributed by atoms with Crippen molar-refractivity contribution in [1.29, 1.82) is 0 Å². The molecule has 1 saturated heterocycles. The van der Waals surface area contributed by atoms with Crippen molar-refractivity contribution >= 4 is 23.2 Å². The Hall–Kier alpha value is -3.30. The van der Waals surface area contributed by atoms with Gasteiger partial charge in [0, 0.05) is 36.5 Å². The van der Waals surface area contributed by atoms with Gasteiger partial charge in [0.1, 0.15) is 6.54 Å². The average Bonchev–Trinajstić information content (AvgIpc) is 2.99. The number of morpholine rings is 1. The van der Waals surface area contributed by atoms with Crippen molar-refractivity contribution in [3.05, 3.63) is 69.3 Å². The Balaban J connectivity index is 1.40. The molecule has 30 heavy (non-hydrogen) atoms. The lowest BCUT2D eigenvalue weighted by molar-refractivity contribution is -0.901. The van der Waals surface area contributed by atoms with Crippen molar-refractivity contribution in [3.63, 3.8) is 0 Å². The Morgan fingerprint density at radius 3 is 2.37 bits per heavy atom. The van der Waals surface area contributed by atoms with Crippen LogP contribution in [-0.2, 0) is 11.3 Å². The molecule has 2 heterocycles. The number of quaternary nitrogens is 1. The summed E-state index contributed by atoms with van der Waals surface area (Å²) in [5.41, 5.74) is 2.36. The second-order valence-electron chi connectivity index (χ2n) is 7.58. The molecule has 156 valence electrons. The maximum absolute atomic E-state index is 12.6. The maximum Gasteiger partial charge on any atom is 0.270 e. The number of non-ortho nitro benzene ring substituents is 1. The van der Waals surface area contributed by atoms with Crippen LogP contribution in [0.3, 0.4) is 0 Å². The Kier molecular flexibility index (Phi) is 5.47. The molecular weight excluding hydrogens is 388 g/mol. The number of rotatable bonds is 6. The van der Waals surface area contributed by atoms with E-state index in [1.165, 1.54) is 18.2 Å². The predicted octanol–water partition coefficient (Wildman–Crippen LogP) is 0.700. The Morgan fingerprint density at radius 1 is 1.03 bits per heavy atom. The minimum absolute atomic E-state index is 0.0943. The third kappa shape index (κ3) is 3.89. The zero-order valence-corrected chi connectivity index (χ0v) is 16.7. The fourth-order valence-electron chi connectivity index (χ4n) is 3.86. The highest BCUT2D eigenvalue weighted by Gasteiger charge is 2.38. The van der Waals surface area contributed by atoms with E-state index < -0.39 is 16.7 Å². The molecule has 1 unspecified atom stereocenters. The number of imide groups is 1. The minimum Gasteiger partial charge on any atom is -0.378 e. The van der Waals surface area contributed by atoms with Gasteiger partial charge in [-0.2, -0.15) is 0 Å². The number of hydrogen-bond acceptors (Lipinski definition) is 6. The van der Waals surface area contributed by atoms with E-state index in [0.717, 1.165) is 47.4 Å². The van der Waals surface area contributed by atoms with Crippen LogP contribution in [0.1, 0.15) is 26.3 Å². The molecule has 0 spiro atoms. The van der Waals surface area contributed by atoms with Crippen molar-refractivity contribution in [2.75, 3.05) is 44.9 Å². The molecule has 1 atom stereocenters. The van der Waals surface area contributed by atoms with Crippen molar-refractivity contribution in [3.8, 4) is 0 Å². The number of benzene rings is 2. The standard InChI is InChI=1S/C21H22N4O5/c1-22(13-15-2-4-16(5-3-15)23-8-10-30-11-9-23)14-24-20(26)18-7-6-17(25(28)29)12-19(18)21(24)27/h2-7,12H,8-11,13-14H2,1H3/p+1. The lowest BCUT2D eigenvalue weighted by Gasteiger charge is -2.29. The summed E-state index contributed by atoms with van der Waals surface area (Å²) in [5, 5.41) is 11.0. The summed E-state index contributed by atoms with van der Waals surface area (Å²) in [6.45, 7) is 4.04. The molecule has 2 aromatic rings. The van der Waals surface area contributed by atoms with E-state index in [9.17, 15) is 19.7 Å². The summed E-state index contributed by atoms with van der Waals surface area (Å²) < 4.78 is 5.38. The monoisotopic (exact) mass is 411 g/mol. The molecular formula is C21H23N4O5+. The number of amides is 2. The van der Waals surface area contributed by atoms with Crippen molar-refractivity contribution < 1.29 is 24.1 Å². The van der Waals surface area contributed by atoms with Crippen LogP contribution in [0, 0.1) is 10.1 Å². The Bertz CT molecular complexity index is 985. The zero-order valence-electron chi connectivity index (χ0n) is 16.7. The molecule has 2 amide bonds. The lowest BCUT2D eigenvalue weighted by Crippen LogP contribution is -3.09. The predicted molar refractivity (Wildman–Crippen MR) is 109 cm³/mol. The van der Waals surface area contributed by atoms with Gasteiger partial charge in [0.15, 0.2) is 6.67 Å². The van der Waals surface area contributed by atoms with E-state index in [1.807, 2.05) is 7.05 Å². The molecule has 0 saturated carbocycles. The molecule has 1 N–H and O–H groups in total. The van der Waals surface area contributed by atoms with E-state index >= 15 is 0 Å². The van der Waals surface area contributed by atoms with E-state index in [0.29, 0.717) is 6.54 Å². The maximum atomic E-state index is 12.6. The number of fused-ring (bicyclic) bond motifs is 1. The Labute approximate surface area is 173 Å². The highest BCUT2D eigenvalue weighted by molar-refractivity contribution is 6.21. The average molecular weight is 411 g/mol. The lowest BCUT2D eigenvalue weighted by atomic mass is 10.1. The van der Waals surface area contributed by atoms with Crippen LogP contribution >= 0.6 is 0 Å². The van der Waals surface area contributed by atoms with Crippen molar-refractivity contribution in [1.82, 2.24) is 4.90 Å². The van der Waals surface area contributed by atoms with Crippen LogP contribution in [-0.4, -0.2) is 61.7 Å². The highest BCUT2D eigenvalue weighted by atomic mass is 16.6. The molecule has 1 fully saturated rings. The second kappa shape index (κ2) is 8.21. The van der Waals surface area contributed by atoms with Crippen molar-refractivity contribution in [2.45, 2.75) is 6.54 Å². The van der Waals surface area contributed by atoms with Gasteiger partial charge < -0.3 is 14.5 Å². The first-order valence-electron chi connectivity index (χ1n) is 9.81. The molecule has 0 radical (unpaired) electrons. The molecule has 9 heteroatoms. The number of nitrogens with one attached hydrogen (secondary N) is 1. The molecule has 0 aliphatic carbocycles. The van der Waals surface area contributed by atoms with E-state index in [-0.39, 0.29) is 23.5 Å². The second-order valence-corrected chi connectivity index (χ2v) is 7.58.